The number of amides is 1. The number of esters is 2. The molecule has 0 saturated heterocycles. The molecule has 0 radical (unpaired) electrons. The van der Waals surface area contributed by atoms with Gasteiger partial charge in [-0.25, -0.2) is 9.59 Å². The van der Waals surface area contributed by atoms with Crippen molar-refractivity contribution >= 4 is 23.5 Å². The van der Waals surface area contributed by atoms with Crippen LogP contribution in [0, 0.1) is 0 Å². The zero-order valence-corrected chi connectivity index (χ0v) is 20.4. The summed E-state index contributed by atoms with van der Waals surface area (Å²) in [5.74, 6) is -1.39. The van der Waals surface area contributed by atoms with Crippen molar-refractivity contribution in [3.63, 3.8) is 0 Å². The predicted molar refractivity (Wildman–Crippen MR) is 123 cm³/mol. The van der Waals surface area contributed by atoms with Gasteiger partial charge in [-0.05, 0) is 6.92 Å². The summed E-state index contributed by atoms with van der Waals surface area (Å²) < 4.78 is 31.5. The molecular weight excluding hydrogens is 464 g/mol. The van der Waals surface area contributed by atoms with Crippen LogP contribution < -0.4 is 14.8 Å². The van der Waals surface area contributed by atoms with Gasteiger partial charge in [0.1, 0.15) is 18.9 Å². The molecule has 1 aliphatic heterocycles. The Morgan fingerprint density at radius 3 is 2.17 bits per heavy atom. The number of anilines is 1. The van der Waals surface area contributed by atoms with Crippen molar-refractivity contribution in [2.24, 2.45) is 0 Å². The number of benzene rings is 1. The van der Waals surface area contributed by atoms with Crippen molar-refractivity contribution in [2.75, 3.05) is 79.4 Å². The van der Waals surface area contributed by atoms with Crippen LogP contribution in [0.3, 0.4) is 0 Å². The fourth-order valence-corrected chi connectivity index (χ4v) is 3.22. The van der Waals surface area contributed by atoms with Gasteiger partial charge >= 0.3 is 11.9 Å². The van der Waals surface area contributed by atoms with E-state index in [2.05, 4.69) is 5.32 Å². The molecule has 1 aromatic carbocycles. The van der Waals surface area contributed by atoms with Crippen molar-refractivity contribution < 1.29 is 47.9 Å². The number of rotatable bonds is 15. The molecule has 35 heavy (non-hydrogen) atoms. The molecule has 2 N–H and O–H groups in total. The third-order valence-electron chi connectivity index (χ3n) is 4.88. The van der Waals surface area contributed by atoms with Gasteiger partial charge < -0.3 is 43.7 Å². The van der Waals surface area contributed by atoms with Gasteiger partial charge in [-0.1, -0.05) is 0 Å². The van der Waals surface area contributed by atoms with E-state index in [1.807, 2.05) is 0 Å². The van der Waals surface area contributed by atoms with Crippen LogP contribution in [0.4, 0.5) is 5.69 Å². The molecule has 0 atom stereocenters. The Morgan fingerprint density at radius 1 is 1.00 bits per heavy atom. The van der Waals surface area contributed by atoms with Crippen LogP contribution in [0.2, 0.25) is 0 Å². The van der Waals surface area contributed by atoms with Crippen LogP contribution in [0.25, 0.3) is 0 Å². The summed E-state index contributed by atoms with van der Waals surface area (Å²) in [5.41, 5.74) is 0.198. The normalized spacial score (nSPS) is 13.2. The van der Waals surface area contributed by atoms with E-state index in [1.165, 1.54) is 38.4 Å². The second kappa shape index (κ2) is 14.1. The SMILES string of the molecule is CCOC(=O)c1cc(OCCOC)c(OCCOC)cc1NC1=C(C(=O)OC)CN(CCO)C1=O. The average molecular weight is 497 g/mol. The highest BCUT2D eigenvalue weighted by atomic mass is 16.6. The van der Waals surface area contributed by atoms with Crippen LogP contribution in [-0.4, -0.2) is 102 Å². The van der Waals surface area contributed by atoms with Gasteiger partial charge in [-0.15, -0.1) is 0 Å². The van der Waals surface area contributed by atoms with Crippen LogP contribution in [-0.2, 0) is 28.5 Å². The summed E-state index contributed by atoms with van der Waals surface area (Å²) in [6.45, 7) is 2.44. The third kappa shape index (κ3) is 7.31. The Hall–Kier alpha value is -3.35. The minimum absolute atomic E-state index is 0.0207. The van der Waals surface area contributed by atoms with Crippen LogP contribution >= 0.6 is 0 Å². The first-order valence-corrected chi connectivity index (χ1v) is 11.0. The lowest BCUT2D eigenvalue weighted by Crippen LogP contribution is -2.31. The van der Waals surface area contributed by atoms with Crippen molar-refractivity contribution in [3.8, 4) is 11.5 Å². The van der Waals surface area contributed by atoms with Crippen molar-refractivity contribution in [1.29, 1.82) is 0 Å². The third-order valence-corrected chi connectivity index (χ3v) is 4.88. The van der Waals surface area contributed by atoms with Gasteiger partial charge in [0.15, 0.2) is 11.5 Å². The van der Waals surface area contributed by atoms with Gasteiger partial charge in [0.05, 0.1) is 56.9 Å². The minimum atomic E-state index is -0.713. The Bertz CT molecular complexity index is 931. The van der Waals surface area contributed by atoms with Gasteiger partial charge in [-0.3, -0.25) is 4.79 Å². The van der Waals surface area contributed by atoms with E-state index >= 15 is 0 Å². The minimum Gasteiger partial charge on any atom is -0.487 e. The maximum Gasteiger partial charge on any atom is 0.340 e. The lowest BCUT2D eigenvalue weighted by atomic mass is 10.1. The summed E-state index contributed by atoms with van der Waals surface area (Å²) in [6.07, 6.45) is 0. The Balaban J connectivity index is 2.55. The van der Waals surface area contributed by atoms with Gasteiger partial charge in [0, 0.05) is 32.9 Å². The number of nitrogens with zero attached hydrogens (tertiary/aromatic N) is 1. The topological polar surface area (TPSA) is 142 Å². The van der Waals surface area contributed by atoms with Crippen molar-refractivity contribution in [3.05, 3.63) is 29.0 Å². The first-order valence-electron chi connectivity index (χ1n) is 11.0. The van der Waals surface area contributed by atoms with E-state index in [-0.39, 0.29) is 73.5 Å². The lowest BCUT2D eigenvalue weighted by Gasteiger charge is -2.19. The second-order valence-corrected chi connectivity index (χ2v) is 7.17. The van der Waals surface area contributed by atoms with E-state index in [0.29, 0.717) is 13.2 Å². The maximum absolute atomic E-state index is 13.0. The second-order valence-electron chi connectivity index (χ2n) is 7.17. The van der Waals surface area contributed by atoms with E-state index < -0.39 is 17.8 Å². The van der Waals surface area contributed by atoms with Crippen LogP contribution in [0.15, 0.2) is 23.4 Å². The van der Waals surface area contributed by atoms with E-state index in [0.717, 1.165) is 0 Å². The number of aliphatic hydroxyl groups excluding tert-OH is 1. The number of hydrogen-bond donors (Lipinski definition) is 2. The summed E-state index contributed by atoms with van der Waals surface area (Å²) in [4.78, 5) is 39.4. The molecule has 2 rings (SSSR count). The summed E-state index contributed by atoms with van der Waals surface area (Å²) >= 11 is 0. The molecule has 0 fully saturated rings. The molecule has 1 amide bonds. The molecule has 1 aromatic rings. The molecule has 12 nitrogen and oxygen atoms in total. The number of hydrogen-bond acceptors (Lipinski definition) is 11. The fourth-order valence-electron chi connectivity index (χ4n) is 3.22. The number of aliphatic hydroxyl groups is 1. The highest BCUT2D eigenvalue weighted by Gasteiger charge is 2.35. The molecule has 0 unspecified atom stereocenters. The summed E-state index contributed by atoms with van der Waals surface area (Å²) in [7, 11) is 4.26. The molecule has 0 aromatic heterocycles. The van der Waals surface area contributed by atoms with Gasteiger partial charge in [0.2, 0.25) is 0 Å². The molecule has 0 spiro atoms. The van der Waals surface area contributed by atoms with Crippen molar-refractivity contribution in [2.45, 2.75) is 6.92 Å². The standard InChI is InChI=1S/C23H32N2O10/c1-5-33-23(29)15-12-18(34-10-8-30-2)19(35-11-9-31-3)13-17(15)24-20-16(22(28)32-4)14-25(6-7-26)21(20)27/h12-13,24,26H,5-11,14H2,1-4H3. The quantitative estimate of drug-likeness (QED) is 0.260. The largest absolute Gasteiger partial charge is 0.487 e. The number of carbonyl (C=O) groups is 3. The number of ether oxygens (including phenoxy) is 6. The molecule has 12 heteroatoms. The number of nitrogens with one attached hydrogen (secondary N) is 1. The number of β-amino-alcohol motifs (C(OH)–C–C–N with tert-alkyl or cyclic N) is 1. The first-order chi connectivity index (χ1) is 16.9. The zero-order valence-electron chi connectivity index (χ0n) is 20.4. The highest BCUT2D eigenvalue weighted by Crippen LogP contribution is 2.36. The molecule has 0 saturated carbocycles. The average Bonchev–Trinajstić information content (AvgIpc) is 3.15. The van der Waals surface area contributed by atoms with Gasteiger partial charge in [-0.2, -0.15) is 0 Å². The smallest absolute Gasteiger partial charge is 0.340 e. The van der Waals surface area contributed by atoms with E-state index in [4.69, 9.17) is 28.4 Å². The molecule has 0 aliphatic carbocycles. The Morgan fingerprint density at radius 2 is 1.63 bits per heavy atom. The fraction of sp³-hybridized carbons (Fsp3) is 0.522. The maximum atomic E-state index is 13.0. The van der Waals surface area contributed by atoms with Gasteiger partial charge in [0.25, 0.3) is 5.91 Å². The first kappa shape index (κ1) is 27.9. The Labute approximate surface area is 203 Å². The zero-order chi connectivity index (χ0) is 25.8. The van der Waals surface area contributed by atoms with Crippen LogP contribution in [0.5, 0.6) is 11.5 Å². The lowest BCUT2D eigenvalue weighted by molar-refractivity contribution is -0.136. The predicted octanol–water partition coefficient (Wildman–Crippen LogP) is 0.587. The number of methoxy groups -OCH3 is 3. The van der Waals surface area contributed by atoms with Crippen LogP contribution in [0.1, 0.15) is 17.3 Å². The highest BCUT2D eigenvalue weighted by molar-refractivity contribution is 6.09. The van der Waals surface area contributed by atoms with E-state index in [9.17, 15) is 19.5 Å². The molecule has 0 bridgehead atoms. The molecule has 194 valence electrons. The summed E-state index contributed by atoms with van der Waals surface area (Å²) in [6, 6.07) is 2.91. The molecule has 1 heterocycles. The van der Waals surface area contributed by atoms with Crippen molar-refractivity contribution in [1.82, 2.24) is 4.90 Å². The molecular formula is C23H32N2O10. The Kier molecular flexibility index (Phi) is 11.3. The number of carbonyl (C=O) groups excluding carboxylic acids is 3. The van der Waals surface area contributed by atoms with E-state index in [1.54, 1.807) is 6.92 Å². The monoisotopic (exact) mass is 496 g/mol. The molecule has 1 aliphatic rings. The summed E-state index contributed by atoms with van der Waals surface area (Å²) in [5, 5.41) is 12.2.